The number of methoxy groups -OCH3 is 1. The largest absolute Gasteiger partial charge is 0.494 e. The van der Waals surface area contributed by atoms with Gasteiger partial charge in [0.2, 0.25) is 11.5 Å². The number of nitrogens with zero attached hydrogens (tertiary/aromatic N) is 2. The van der Waals surface area contributed by atoms with Crippen molar-refractivity contribution in [2.75, 3.05) is 13.7 Å². The van der Waals surface area contributed by atoms with Crippen LogP contribution in [-0.2, 0) is 15.8 Å². The van der Waals surface area contributed by atoms with Crippen molar-refractivity contribution in [3.05, 3.63) is 83.4 Å². The highest BCUT2D eigenvalue weighted by Gasteiger charge is 2.71. The van der Waals surface area contributed by atoms with Crippen molar-refractivity contribution in [1.82, 2.24) is 20.6 Å². The van der Waals surface area contributed by atoms with Gasteiger partial charge in [0.25, 0.3) is 5.91 Å². The Hall–Kier alpha value is -4.78. The zero-order valence-corrected chi connectivity index (χ0v) is 25.0. The van der Waals surface area contributed by atoms with Crippen LogP contribution in [0, 0.1) is 11.7 Å². The van der Waals surface area contributed by atoms with Crippen LogP contribution in [0.25, 0.3) is 22.2 Å². The van der Waals surface area contributed by atoms with Crippen LogP contribution in [-0.4, -0.2) is 58.4 Å². The van der Waals surface area contributed by atoms with Crippen molar-refractivity contribution in [2.45, 2.75) is 54.5 Å². The summed E-state index contributed by atoms with van der Waals surface area (Å²) in [7, 11) is 1.38. The maximum Gasteiger partial charge on any atom is 0.424 e. The lowest BCUT2D eigenvalue weighted by atomic mass is 9.50. The fourth-order valence-electron chi connectivity index (χ4n) is 7.24. The van der Waals surface area contributed by atoms with Gasteiger partial charge in [-0.3, -0.25) is 14.6 Å². The molecule has 2 aromatic carbocycles. The Morgan fingerprint density at radius 1 is 1.09 bits per heavy atom. The van der Waals surface area contributed by atoms with Gasteiger partial charge in [-0.1, -0.05) is 6.07 Å². The number of rotatable bonds is 8. The summed E-state index contributed by atoms with van der Waals surface area (Å²) in [6, 6.07) is 12.1. The third-order valence-electron chi connectivity index (χ3n) is 10.1. The van der Waals surface area contributed by atoms with Gasteiger partial charge in [-0.05, 0) is 73.7 Å². The van der Waals surface area contributed by atoms with Crippen molar-refractivity contribution in [1.29, 1.82) is 0 Å². The van der Waals surface area contributed by atoms with Crippen molar-refractivity contribution in [2.24, 2.45) is 5.92 Å². The molecule has 5 aliphatic rings. The second-order valence-corrected chi connectivity index (χ2v) is 13.0. The van der Waals surface area contributed by atoms with Gasteiger partial charge in [0.05, 0.1) is 19.3 Å². The molecule has 9 rings (SSSR count). The Morgan fingerprint density at radius 3 is 2.49 bits per heavy atom. The van der Waals surface area contributed by atoms with E-state index >= 15 is 0 Å². The Bertz CT molecular complexity index is 1970. The number of pyridine rings is 2. The van der Waals surface area contributed by atoms with E-state index in [0.717, 1.165) is 37.5 Å². The fraction of sp³-hybridized carbons (Fsp3) is 0.353. The van der Waals surface area contributed by atoms with Crippen LogP contribution in [0.5, 0.6) is 11.5 Å². The first-order valence-electron chi connectivity index (χ1n) is 15.2. The van der Waals surface area contributed by atoms with E-state index in [1.165, 1.54) is 37.6 Å². The van der Waals surface area contributed by atoms with Crippen LogP contribution in [0.4, 0.5) is 17.6 Å². The lowest BCUT2D eigenvalue weighted by molar-refractivity contribution is -0.265. The molecule has 242 valence electrons. The summed E-state index contributed by atoms with van der Waals surface area (Å²) in [5, 5.41) is 17.3. The molecule has 0 spiro atoms. The van der Waals surface area contributed by atoms with Crippen molar-refractivity contribution < 1.29 is 41.7 Å². The van der Waals surface area contributed by atoms with Gasteiger partial charge >= 0.3 is 6.18 Å². The third kappa shape index (κ3) is 4.39. The van der Waals surface area contributed by atoms with Gasteiger partial charge in [0, 0.05) is 40.2 Å². The second-order valence-electron chi connectivity index (χ2n) is 13.0. The molecule has 4 saturated carbocycles. The van der Waals surface area contributed by atoms with Gasteiger partial charge in [-0.15, -0.1) is 0 Å². The molecular formula is C34H28F4N4O5. The summed E-state index contributed by atoms with van der Waals surface area (Å²) >= 11 is 0. The molecule has 4 aromatic rings. The number of halogens is 4. The zero-order chi connectivity index (χ0) is 32.9. The number of amides is 2. The van der Waals surface area contributed by atoms with E-state index in [2.05, 4.69) is 20.6 Å². The van der Waals surface area contributed by atoms with Gasteiger partial charge < -0.3 is 25.2 Å². The first-order chi connectivity index (χ1) is 22.4. The lowest BCUT2D eigenvalue weighted by Gasteiger charge is -2.62. The molecular weight excluding hydrogens is 620 g/mol. The SMILES string of the molecule is COc1cc(C(=O)NCC(O)(c2cc3c(c(-c4ccc(F)cc4)n2)OC2C[C@@]32C(=O)NC23CC(C2)C3)C(F)(F)F)cc2cccnc12. The molecule has 4 fully saturated rings. The van der Waals surface area contributed by atoms with Crippen LogP contribution in [0.15, 0.2) is 60.8 Å². The molecule has 3 atom stereocenters. The summed E-state index contributed by atoms with van der Waals surface area (Å²) in [6.45, 7) is -1.30. The maximum atomic E-state index is 14.9. The molecule has 3 heterocycles. The third-order valence-corrected chi connectivity index (χ3v) is 10.1. The van der Waals surface area contributed by atoms with Crippen molar-refractivity contribution in [3.63, 3.8) is 0 Å². The minimum Gasteiger partial charge on any atom is -0.494 e. The molecule has 4 aliphatic carbocycles. The van der Waals surface area contributed by atoms with Crippen LogP contribution in [0.1, 0.15) is 47.3 Å². The normalized spacial score (nSPS) is 26.1. The first-order valence-corrected chi connectivity index (χ1v) is 15.2. The Kier molecular flexibility index (Phi) is 6.21. The minimum atomic E-state index is -5.32. The predicted molar refractivity (Wildman–Crippen MR) is 159 cm³/mol. The Morgan fingerprint density at radius 2 is 1.83 bits per heavy atom. The Labute approximate surface area is 265 Å². The Balaban J connectivity index is 1.18. The summed E-state index contributed by atoms with van der Waals surface area (Å²) in [5.41, 5.74) is -5.32. The van der Waals surface area contributed by atoms with Gasteiger partial charge in [-0.2, -0.15) is 13.2 Å². The molecule has 13 heteroatoms. The van der Waals surface area contributed by atoms with Crippen LogP contribution < -0.4 is 20.1 Å². The standard InChI is InChI=1S/C34H28F4N4O5/c1-46-23-10-20(9-19-3-2-8-39-26(19)23)29(43)40-16-33(45,34(36,37)38)24-11-22-28(27(41-24)18-4-6-21(35)7-5-18)47-25-15-32(22,25)30(44)42-31-12-17(13-31)14-31/h2-11,17,25,45H,12-16H2,1H3,(H,40,43)(H,42,44)/t17?,25?,31?,32-,33?/m1/s1. The average molecular weight is 649 g/mol. The van der Waals surface area contributed by atoms with E-state index in [0.29, 0.717) is 16.8 Å². The molecule has 2 bridgehead atoms. The topological polar surface area (TPSA) is 123 Å². The number of aromatic nitrogens is 2. The summed E-state index contributed by atoms with van der Waals surface area (Å²) in [4.78, 5) is 35.4. The van der Waals surface area contributed by atoms with Gasteiger partial charge in [0.1, 0.15) is 34.3 Å². The van der Waals surface area contributed by atoms with Crippen molar-refractivity contribution in [3.8, 4) is 22.8 Å². The number of benzene rings is 2. The predicted octanol–water partition coefficient (Wildman–Crippen LogP) is 4.70. The van der Waals surface area contributed by atoms with E-state index < -0.39 is 47.3 Å². The number of carbonyl (C=O) groups excluding carboxylic acids is 2. The number of ether oxygens (including phenoxy) is 2. The highest BCUT2D eigenvalue weighted by molar-refractivity contribution is 6.00. The smallest absolute Gasteiger partial charge is 0.424 e. The van der Waals surface area contributed by atoms with E-state index in [9.17, 15) is 32.3 Å². The number of hydrogen-bond acceptors (Lipinski definition) is 7. The number of hydrogen-bond donors (Lipinski definition) is 3. The molecule has 2 amide bonds. The molecule has 0 radical (unpaired) electrons. The molecule has 2 aromatic heterocycles. The van der Waals surface area contributed by atoms with E-state index in [1.807, 2.05) is 0 Å². The number of aliphatic hydroxyl groups is 1. The number of fused-ring (bicyclic) bond motifs is 4. The van der Waals surface area contributed by atoms with E-state index in [-0.39, 0.29) is 51.8 Å². The maximum absolute atomic E-state index is 14.9. The summed E-state index contributed by atoms with van der Waals surface area (Å²) in [5.74, 6) is -0.892. The number of nitrogens with one attached hydrogen (secondary N) is 2. The number of alkyl halides is 3. The molecule has 2 unspecified atom stereocenters. The average Bonchev–Trinajstić information content (AvgIpc) is 3.65. The van der Waals surface area contributed by atoms with Crippen molar-refractivity contribution >= 4 is 22.7 Å². The highest BCUT2D eigenvalue weighted by Crippen LogP contribution is 2.63. The zero-order valence-electron chi connectivity index (χ0n) is 25.0. The fourth-order valence-corrected chi connectivity index (χ4v) is 7.24. The van der Waals surface area contributed by atoms with Gasteiger partial charge in [-0.25, -0.2) is 9.37 Å². The minimum absolute atomic E-state index is 0.0146. The second kappa shape index (κ2) is 9.86. The molecule has 47 heavy (non-hydrogen) atoms. The quantitative estimate of drug-likeness (QED) is 0.237. The van der Waals surface area contributed by atoms with E-state index in [1.54, 1.807) is 12.1 Å². The van der Waals surface area contributed by atoms with Crippen LogP contribution >= 0.6 is 0 Å². The van der Waals surface area contributed by atoms with Crippen LogP contribution in [0.3, 0.4) is 0 Å². The molecule has 3 N–H and O–H groups in total. The molecule has 9 nitrogen and oxygen atoms in total. The highest BCUT2D eigenvalue weighted by atomic mass is 19.4. The lowest BCUT2D eigenvalue weighted by Crippen LogP contribution is -2.69. The summed E-state index contributed by atoms with van der Waals surface area (Å²) in [6.07, 6.45) is -1.57. The molecule has 0 saturated heterocycles. The first kappa shape index (κ1) is 29.6. The molecule has 1 aliphatic heterocycles. The van der Waals surface area contributed by atoms with Crippen LogP contribution in [0.2, 0.25) is 0 Å². The van der Waals surface area contributed by atoms with Gasteiger partial charge in [0.15, 0.2) is 5.75 Å². The summed E-state index contributed by atoms with van der Waals surface area (Å²) < 4.78 is 70.0. The monoisotopic (exact) mass is 648 g/mol. The van der Waals surface area contributed by atoms with E-state index in [4.69, 9.17) is 9.47 Å². The number of carbonyl (C=O) groups is 2.